The van der Waals surface area contributed by atoms with Gasteiger partial charge in [-0.2, -0.15) is 4.98 Å². The van der Waals surface area contributed by atoms with E-state index in [1.165, 1.54) is 43.1 Å². The molecule has 0 fully saturated rings. The Morgan fingerprint density at radius 2 is 1.88 bits per heavy atom. The molecule has 15 heteroatoms. The van der Waals surface area contributed by atoms with Crippen LogP contribution in [0.1, 0.15) is 12.5 Å². The number of fused-ring (bicyclic) bond motifs is 2. The molecule has 212 valence electrons. The third-order valence-corrected chi connectivity index (χ3v) is 6.51. The van der Waals surface area contributed by atoms with Gasteiger partial charge in [-0.1, -0.05) is 11.3 Å². The number of ether oxygens (including phenoxy) is 4. The van der Waals surface area contributed by atoms with Crippen LogP contribution in [0.2, 0.25) is 0 Å². The van der Waals surface area contributed by atoms with Gasteiger partial charge in [0.05, 0.1) is 49.0 Å². The number of aryl methyl sites for hydroxylation is 1. The fraction of sp³-hybridized carbons (Fsp3) is 0.269. The number of hydrogen-bond donors (Lipinski definition) is 2. The molecule has 5 aromatic rings. The van der Waals surface area contributed by atoms with E-state index in [0.29, 0.717) is 32.3 Å². The van der Waals surface area contributed by atoms with Crippen molar-refractivity contribution < 1.29 is 33.2 Å². The predicted octanol–water partition coefficient (Wildman–Crippen LogP) is 3.93. The van der Waals surface area contributed by atoms with Crippen molar-refractivity contribution in [2.45, 2.75) is 20.0 Å². The van der Waals surface area contributed by atoms with Crippen LogP contribution in [0.25, 0.3) is 32.0 Å². The highest BCUT2D eigenvalue weighted by Crippen LogP contribution is 2.35. The van der Waals surface area contributed by atoms with Crippen LogP contribution in [-0.2, 0) is 4.74 Å². The number of benzene rings is 1. The number of methoxy groups -OCH3 is 1. The number of hydrogen-bond acceptors (Lipinski definition) is 13. The lowest BCUT2D eigenvalue weighted by atomic mass is 10.1. The molecule has 0 spiro atoms. The molecule has 4 aromatic heterocycles. The van der Waals surface area contributed by atoms with Crippen LogP contribution in [0.3, 0.4) is 0 Å². The second-order valence-corrected chi connectivity index (χ2v) is 9.66. The van der Waals surface area contributed by atoms with Crippen molar-refractivity contribution in [1.29, 1.82) is 0 Å². The number of nitrogens with one attached hydrogen (secondary N) is 1. The summed E-state index contributed by atoms with van der Waals surface area (Å²) in [5.41, 5.74) is 3.61. The van der Waals surface area contributed by atoms with Crippen LogP contribution in [-0.4, -0.2) is 74.1 Å². The van der Waals surface area contributed by atoms with Crippen molar-refractivity contribution in [2.24, 2.45) is 0 Å². The Hall–Kier alpha value is -4.76. The number of carbonyl (C=O) groups is 1. The van der Waals surface area contributed by atoms with Gasteiger partial charge in [0.2, 0.25) is 5.88 Å². The molecule has 0 aliphatic rings. The quantitative estimate of drug-likeness (QED) is 0.229. The summed E-state index contributed by atoms with van der Waals surface area (Å²) in [4.78, 5) is 38.1. The Balaban J connectivity index is 1.21. The average molecular weight is 582 g/mol. The Labute approximate surface area is 236 Å². The number of nitrogens with zero attached hydrogens (tertiary/aromatic N) is 6. The van der Waals surface area contributed by atoms with E-state index in [9.17, 15) is 9.18 Å². The Morgan fingerprint density at radius 3 is 2.63 bits per heavy atom. The zero-order chi connectivity index (χ0) is 28.9. The van der Waals surface area contributed by atoms with Crippen molar-refractivity contribution >= 4 is 44.5 Å². The van der Waals surface area contributed by atoms with Gasteiger partial charge in [-0.15, -0.1) is 0 Å². The summed E-state index contributed by atoms with van der Waals surface area (Å²) < 4.78 is 35.6. The van der Waals surface area contributed by atoms with Gasteiger partial charge >= 0.3 is 12.1 Å². The second-order valence-electron chi connectivity index (χ2n) is 8.69. The van der Waals surface area contributed by atoms with E-state index in [1.807, 2.05) is 19.1 Å². The zero-order valence-corrected chi connectivity index (χ0v) is 22.9. The number of carbonyl (C=O) groups excluding carboxylic acids is 1. The maximum absolute atomic E-state index is 14.7. The van der Waals surface area contributed by atoms with Crippen molar-refractivity contribution in [1.82, 2.24) is 29.9 Å². The van der Waals surface area contributed by atoms with Gasteiger partial charge < -0.3 is 24.1 Å². The molecule has 0 saturated carbocycles. The number of rotatable bonds is 10. The normalized spacial score (nSPS) is 11.8. The third kappa shape index (κ3) is 6.53. The summed E-state index contributed by atoms with van der Waals surface area (Å²) in [5.74, 6) is -0.544. The van der Waals surface area contributed by atoms with Gasteiger partial charge in [0.15, 0.2) is 5.82 Å². The summed E-state index contributed by atoms with van der Waals surface area (Å²) in [6.07, 6.45) is 2.93. The SMILES string of the molecule is COc1cnc2c(-c3nc4cc(F)c(OCCOC(=O)Nc5cnc(OC(C)CO)nc5)nc4s3)cc(C)cc2n1. The molecule has 0 radical (unpaired) electrons. The fourth-order valence-corrected chi connectivity index (χ4v) is 4.57. The molecule has 13 nitrogen and oxygen atoms in total. The van der Waals surface area contributed by atoms with E-state index >= 15 is 0 Å². The van der Waals surface area contributed by atoms with Crippen LogP contribution in [0, 0.1) is 12.7 Å². The molecular weight excluding hydrogens is 557 g/mol. The lowest BCUT2D eigenvalue weighted by Crippen LogP contribution is -2.19. The van der Waals surface area contributed by atoms with E-state index in [2.05, 4.69) is 35.2 Å². The van der Waals surface area contributed by atoms with Crippen LogP contribution < -0.4 is 19.5 Å². The molecule has 1 amide bonds. The monoisotopic (exact) mass is 581 g/mol. The van der Waals surface area contributed by atoms with Gasteiger partial charge in [0.1, 0.15) is 34.7 Å². The summed E-state index contributed by atoms with van der Waals surface area (Å²) in [5, 5.41) is 12.1. The number of amides is 1. The van der Waals surface area contributed by atoms with Gasteiger partial charge in [-0.3, -0.25) is 5.32 Å². The smallest absolute Gasteiger partial charge is 0.411 e. The molecule has 1 unspecified atom stereocenters. The van der Waals surface area contributed by atoms with Crippen LogP contribution >= 0.6 is 11.3 Å². The van der Waals surface area contributed by atoms with Gasteiger partial charge in [0, 0.05) is 11.6 Å². The number of aliphatic hydroxyl groups excluding tert-OH is 1. The minimum atomic E-state index is -0.781. The highest BCUT2D eigenvalue weighted by atomic mass is 32.1. The molecule has 41 heavy (non-hydrogen) atoms. The summed E-state index contributed by atoms with van der Waals surface area (Å²) >= 11 is 1.26. The number of pyridine rings is 1. The second kappa shape index (κ2) is 12.2. The molecule has 4 heterocycles. The Kier molecular flexibility index (Phi) is 8.26. The third-order valence-electron chi connectivity index (χ3n) is 5.51. The number of aliphatic hydroxyl groups is 1. The summed E-state index contributed by atoms with van der Waals surface area (Å²) in [6, 6.07) is 5.13. The number of halogens is 1. The Morgan fingerprint density at radius 1 is 1.07 bits per heavy atom. The number of anilines is 1. The Bertz CT molecular complexity index is 1700. The average Bonchev–Trinajstić information content (AvgIpc) is 3.37. The number of thiazole rings is 1. The molecule has 2 N–H and O–H groups in total. The summed E-state index contributed by atoms with van der Waals surface area (Å²) in [6.45, 7) is 3.09. The summed E-state index contributed by atoms with van der Waals surface area (Å²) in [7, 11) is 1.52. The molecule has 1 atom stereocenters. The fourth-order valence-electron chi connectivity index (χ4n) is 3.64. The first-order valence-electron chi connectivity index (χ1n) is 12.3. The highest BCUT2D eigenvalue weighted by molar-refractivity contribution is 7.21. The lowest BCUT2D eigenvalue weighted by Gasteiger charge is -2.10. The van der Waals surface area contributed by atoms with E-state index in [-0.39, 0.29) is 37.4 Å². The first-order valence-corrected chi connectivity index (χ1v) is 13.1. The zero-order valence-electron chi connectivity index (χ0n) is 22.1. The van der Waals surface area contributed by atoms with E-state index < -0.39 is 18.0 Å². The van der Waals surface area contributed by atoms with E-state index in [0.717, 1.165) is 11.1 Å². The molecular formula is C26H24FN7O6S. The molecule has 5 rings (SSSR count). The molecule has 0 aliphatic heterocycles. The molecule has 0 saturated heterocycles. The van der Waals surface area contributed by atoms with Gasteiger partial charge in [-0.05, 0) is 31.5 Å². The van der Waals surface area contributed by atoms with Gasteiger partial charge in [0.25, 0.3) is 5.88 Å². The molecule has 1 aromatic carbocycles. The van der Waals surface area contributed by atoms with Gasteiger partial charge in [-0.25, -0.2) is 34.1 Å². The van der Waals surface area contributed by atoms with Crippen LogP contribution in [0.4, 0.5) is 14.9 Å². The maximum Gasteiger partial charge on any atom is 0.411 e. The van der Waals surface area contributed by atoms with Crippen LogP contribution in [0.15, 0.2) is 36.8 Å². The van der Waals surface area contributed by atoms with Crippen LogP contribution in [0.5, 0.6) is 17.8 Å². The molecule has 0 bridgehead atoms. The number of aromatic nitrogens is 6. The van der Waals surface area contributed by atoms with E-state index in [1.54, 1.807) is 6.92 Å². The van der Waals surface area contributed by atoms with E-state index in [4.69, 9.17) is 24.1 Å². The van der Waals surface area contributed by atoms with Crippen molar-refractivity contribution in [3.05, 3.63) is 48.2 Å². The standard InChI is InChI=1S/C26H24FN7O6S/c1-13-6-16(21-18(7-13)32-20(37-3)11-28-21)23-33-19-8-17(27)22(34-24(19)41-23)38-4-5-39-26(36)31-15-9-29-25(30-10-15)40-14(2)12-35/h6-11,14,35H,4-5,12H2,1-3H3,(H,31,36). The minimum Gasteiger partial charge on any atom is -0.480 e. The molecule has 0 aliphatic carbocycles. The highest BCUT2D eigenvalue weighted by Gasteiger charge is 2.17. The van der Waals surface area contributed by atoms with Crippen molar-refractivity contribution in [3.63, 3.8) is 0 Å². The van der Waals surface area contributed by atoms with Crippen molar-refractivity contribution in [3.8, 4) is 28.3 Å². The van der Waals surface area contributed by atoms with Crippen molar-refractivity contribution in [2.75, 3.05) is 32.2 Å². The largest absolute Gasteiger partial charge is 0.480 e. The minimum absolute atomic E-state index is 0.0556. The predicted molar refractivity (Wildman–Crippen MR) is 147 cm³/mol. The first-order chi connectivity index (χ1) is 19.8. The first kappa shape index (κ1) is 27.8. The topological polar surface area (TPSA) is 164 Å². The lowest BCUT2D eigenvalue weighted by molar-refractivity contribution is 0.120. The maximum atomic E-state index is 14.7.